The molecule has 296 valence electrons. The van der Waals surface area contributed by atoms with Gasteiger partial charge < -0.3 is 4.90 Å². The van der Waals surface area contributed by atoms with Crippen LogP contribution in [0.15, 0.2) is 261 Å². The molecule has 0 radical (unpaired) electrons. The summed E-state index contributed by atoms with van der Waals surface area (Å²) in [7, 11) is 0. The summed E-state index contributed by atoms with van der Waals surface area (Å²) in [5.41, 5.74) is 13.7. The first-order valence-corrected chi connectivity index (χ1v) is 21.4. The number of benzene rings is 11. The fraction of sp³-hybridized carbons (Fsp3) is 0. The molecular weight excluding hydrogens is 759 g/mol. The smallest absolute Gasteiger partial charge is 0.0645 e. The van der Waals surface area contributed by atoms with Crippen LogP contribution in [-0.2, 0) is 0 Å². The van der Waals surface area contributed by atoms with Gasteiger partial charge in [0.2, 0.25) is 0 Å². The lowest BCUT2D eigenvalue weighted by Crippen LogP contribution is -2.11. The van der Waals surface area contributed by atoms with E-state index in [1.54, 1.807) is 0 Å². The summed E-state index contributed by atoms with van der Waals surface area (Å²) in [6.45, 7) is 0. The van der Waals surface area contributed by atoms with Gasteiger partial charge in [0.1, 0.15) is 0 Å². The Kier molecular flexibility index (Phi) is 9.11. The lowest BCUT2D eigenvalue weighted by molar-refractivity contribution is 1.28. The highest BCUT2D eigenvalue weighted by Gasteiger charge is 2.20. The van der Waals surface area contributed by atoms with E-state index in [0.717, 1.165) is 55.9 Å². The zero-order valence-electron chi connectivity index (χ0n) is 37.5. The third-order valence-electron chi connectivity index (χ3n) is 12.0. The van der Waals surface area contributed by atoms with Crippen LogP contribution in [0.1, 0.15) is 4.11 Å². The molecule has 0 aromatic heterocycles. The molecule has 63 heavy (non-hydrogen) atoms. The van der Waals surface area contributed by atoms with Crippen molar-refractivity contribution in [1.29, 1.82) is 0 Å². The molecule has 1 heteroatoms. The van der Waals surface area contributed by atoms with E-state index in [1.165, 1.54) is 32.7 Å². The fourth-order valence-electron chi connectivity index (χ4n) is 8.88. The molecular formula is C62H43N. The predicted molar refractivity (Wildman–Crippen MR) is 269 cm³/mol. The minimum absolute atomic E-state index is 0.00840. The second-order valence-electron chi connectivity index (χ2n) is 15.8. The van der Waals surface area contributed by atoms with Gasteiger partial charge in [-0.2, -0.15) is 0 Å². The van der Waals surface area contributed by atoms with E-state index < -0.39 is 0 Å². The number of fused-ring (bicyclic) bond motifs is 2. The van der Waals surface area contributed by atoms with Crippen molar-refractivity contribution in [2.45, 2.75) is 0 Å². The predicted octanol–water partition coefficient (Wildman–Crippen LogP) is 17.5. The maximum Gasteiger partial charge on any atom is 0.0645 e. The highest BCUT2D eigenvalue weighted by atomic mass is 15.1. The van der Waals surface area contributed by atoms with Gasteiger partial charge in [-0.15, -0.1) is 0 Å². The fourth-order valence-corrected chi connectivity index (χ4v) is 8.88. The molecule has 1 nitrogen and oxygen atoms in total. The average Bonchev–Trinajstić information content (AvgIpc) is 3.39. The van der Waals surface area contributed by atoms with Gasteiger partial charge in [0.15, 0.2) is 0 Å². The number of hydrogen-bond donors (Lipinski definition) is 0. The summed E-state index contributed by atoms with van der Waals surface area (Å²) < 4.78 is 29.3. The van der Waals surface area contributed by atoms with Crippen LogP contribution in [0.25, 0.3) is 88.3 Å². The zero-order valence-corrected chi connectivity index (χ0v) is 34.5. The normalized spacial score (nSPS) is 11.8. The summed E-state index contributed by atoms with van der Waals surface area (Å²) >= 11 is 0. The number of nitrogens with zero attached hydrogens (tertiary/aromatic N) is 1. The van der Waals surface area contributed by atoms with Crippen molar-refractivity contribution < 1.29 is 4.11 Å². The maximum absolute atomic E-state index is 9.88. The summed E-state index contributed by atoms with van der Waals surface area (Å²) in [5.74, 6) is 0. The Labute approximate surface area is 373 Å². The number of rotatable bonds is 9. The molecule has 0 atom stereocenters. The molecule has 0 N–H and O–H groups in total. The Morgan fingerprint density at radius 3 is 1.37 bits per heavy atom. The Balaban J connectivity index is 1.07. The molecule has 0 saturated heterocycles. The van der Waals surface area contributed by atoms with Crippen molar-refractivity contribution >= 4 is 38.6 Å². The number of hydrogen-bond acceptors (Lipinski definition) is 1. The van der Waals surface area contributed by atoms with Gasteiger partial charge in [-0.3, -0.25) is 0 Å². The van der Waals surface area contributed by atoms with Crippen molar-refractivity contribution in [2.75, 3.05) is 4.90 Å². The molecule has 11 rings (SSSR count). The van der Waals surface area contributed by atoms with Gasteiger partial charge in [0, 0.05) is 16.9 Å². The van der Waals surface area contributed by atoms with E-state index >= 15 is 0 Å². The standard InChI is InChI=1S/C62H43N/c1-4-15-44(16-5-1)53-36-42-61(60(43-53)48-17-6-2-7-18-48)63(54-37-31-46(32-38-54)45-27-29-50(30-28-45)57-26-14-23-47-19-10-12-24-56(47)57)55-39-33-51(34-40-55)59-41-35-49-20-11-13-25-58(49)62(59)52-21-8-3-9-22-52/h1-43H/i36D,42D,43D. The van der Waals surface area contributed by atoms with E-state index in [2.05, 4.69) is 187 Å². The van der Waals surface area contributed by atoms with Crippen molar-refractivity contribution in [1.82, 2.24) is 0 Å². The van der Waals surface area contributed by atoms with E-state index in [4.69, 9.17) is 0 Å². The molecule has 0 aliphatic carbocycles. The summed E-state index contributed by atoms with van der Waals surface area (Å²) in [6.07, 6.45) is 0. The quantitative estimate of drug-likeness (QED) is 0.140. The van der Waals surface area contributed by atoms with Crippen molar-refractivity contribution in [3.8, 4) is 66.8 Å². The Bertz CT molecular complexity index is 3510. The molecule has 0 spiro atoms. The molecule has 0 bridgehead atoms. The minimum atomic E-state index is 0.00840. The highest BCUT2D eigenvalue weighted by molar-refractivity contribution is 6.04. The van der Waals surface area contributed by atoms with Crippen LogP contribution in [0.3, 0.4) is 0 Å². The monoisotopic (exact) mass is 804 g/mol. The summed E-state index contributed by atoms with van der Waals surface area (Å²) in [4.78, 5) is 2.06. The van der Waals surface area contributed by atoms with Crippen LogP contribution in [0.5, 0.6) is 0 Å². The first kappa shape index (κ1) is 34.5. The van der Waals surface area contributed by atoms with Gasteiger partial charge in [0.25, 0.3) is 0 Å². The molecule has 0 unspecified atom stereocenters. The molecule has 0 aliphatic rings. The van der Waals surface area contributed by atoms with Gasteiger partial charge in [-0.25, -0.2) is 0 Å². The third kappa shape index (κ3) is 7.37. The van der Waals surface area contributed by atoms with Crippen LogP contribution in [0.4, 0.5) is 17.1 Å². The van der Waals surface area contributed by atoms with Crippen molar-refractivity contribution in [2.24, 2.45) is 0 Å². The Hall–Kier alpha value is -8.26. The van der Waals surface area contributed by atoms with Crippen LogP contribution >= 0.6 is 0 Å². The first-order valence-electron chi connectivity index (χ1n) is 22.9. The third-order valence-corrected chi connectivity index (χ3v) is 12.0. The van der Waals surface area contributed by atoms with Gasteiger partial charge in [-0.1, -0.05) is 224 Å². The summed E-state index contributed by atoms with van der Waals surface area (Å²) in [5, 5.41) is 4.81. The molecule has 0 heterocycles. The lowest BCUT2D eigenvalue weighted by Gasteiger charge is -2.29. The van der Waals surface area contributed by atoms with E-state index in [-0.39, 0.29) is 18.1 Å². The van der Waals surface area contributed by atoms with Gasteiger partial charge in [0.05, 0.1) is 9.80 Å². The Morgan fingerprint density at radius 1 is 0.270 bits per heavy atom. The van der Waals surface area contributed by atoms with E-state index in [9.17, 15) is 4.11 Å². The van der Waals surface area contributed by atoms with Crippen molar-refractivity contribution in [3.05, 3.63) is 261 Å². The second kappa shape index (κ2) is 16.7. The number of anilines is 3. The van der Waals surface area contributed by atoms with Crippen LogP contribution < -0.4 is 4.90 Å². The highest BCUT2D eigenvalue weighted by Crippen LogP contribution is 2.45. The average molecular weight is 805 g/mol. The zero-order chi connectivity index (χ0) is 44.6. The Morgan fingerprint density at radius 2 is 0.714 bits per heavy atom. The SMILES string of the molecule is [2H]c1c([2H])c(N(c2ccc(-c3ccc(-c4cccc5ccccc45)cc3)cc2)c2ccc(-c3ccc4ccccc4c3-c3ccccc3)cc2)c(-c2ccccc2)c([2H])c1-c1ccccc1. The first-order chi connectivity index (χ1) is 32.5. The van der Waals surface area contributed by atoms with E-state index in [1.807, 2.05) is 60.7 Å². The lowest BCUT2D eigenvalue weighted by atomic mass is 9.89. The molecule has 0 aliphatic heterocycles. The van der Waals surface area contributed by atoms with Crippen LogP contribution in [0.2, 0.25) is 0 Å². The second-order valence-corrected chi connectivity index (χ2v) is 15.8. The molecule has 0 saturated carbocycles. The molecule has 0 fully saturated rings. The largest absolute Gasteiger partial charge is 0.310 e. The molecule has 0 amide bonds. The minimum Gasteiger partial charge on any atom is -0.310 e. The molecule has 11 aromatic carbocycles. The van der Waals surface area contributed by atoms with Gasteiger partial charge in [-0.05, 0) is 119 Å². The topological polar surface area (TPSA) is 3.24 Å². The summed E-state index contributed by atoms with van der Waals surface area (Å²) in [6, 6.07) is 83.8. The van der Waals surface area contributed by atoms with Gasteiger partial charge >= 0.3 is 0 Å². The van der Waals surface area contributed by atoms with Crippen LogP contribution in [0, 0.1) is 0 Å². The van der Waals surface area contributed by atoms with E-state index in [0.29, 0.717) is 16.8 Å². The van der Waals surface area contributed by atoms with Crippen molar-refractivity contribution in [3.63, 3.8) is 0 Å². The van der Waals surface area contributed by atoms with Crippen LogP contribution in [-0.4, -0.2) is 0 Å². The molecule has 11 aromatic rings. The maximum atomic E-state index is 9.88.